The van der Waals surface area contributed by atoms with E-state index in [2.05, 4.69) is 0 Å². The van der Waals surface area contributed by atoms with Crippen LogP contribution in [-0.2, 0) is 0 Å². The van der Waals surface area contributed by atoms with Gasteiger partial charge in [-0.25, -0.2) is 0 Å². The number of imide groups is 1. The average Bonchev–Trinajstić information content (AvgIpc) is 3.04. The quantitative estimate of drug-likeness (QED) is 0.585. The molecule has 0 atom stereocenters. The molecule has 3 aliphatic heterocycles. The molecule has 0 bridgehead atoms. The fourth-order valence-corrected chi connectivity index (χ4v) is 5.52. The standard InChI is InChI=1S/C27H27ClN2O5/c1-15(2)14-30-25(33)19-5-4-17(11-20(19)26(30)34)24(32)29-8-6-27(7-9-29)13-22(31)21-12-18(28)10-16(3)23(21)35-27/h4-5,10-12,15H,6-9,13-14H2,1-3H3. The summed E-state index contributed by atoms with van der Waals surface area (Å²) in [5.74, 6) is -0.123. The first-order chi connectivity index (χ1) is 16.6. The zero-order chi connectivity index (χ0) is 25.1. The fraction of sp³-hybridized carbons (Fsp3) is 0.407. The Hall–Kier alpha value is -3.19. The van der Waals surface area contributed by atoms with Gasteiger partial charge in [0.05, 0.1) is 23.1 Å². The molecule has 8 heteroatoms. The van der Waals surface area contributed by atoms with E-state index >= 15 is 0 Å². The zero-order valence-electron chi connectivity index (χ0n) is 20.0. The third-order valence-electron chi connectivity index (χ3n) is 7.07. The zero-order valence-corrected chi connectivity index (χ0v) is 20.8. The van der Waals surface area contributed by atoms with Gasteiger partial charge >= 0.3 is 0 Å². The maximum Gasteiger partial charge on any atom is 0.261 e. The van der Waals surface area contributed by atoms with Crippen molar-refractivity contribution in [1.29, 1.82) is 0 Å². The lowest BCUT2D eigenvalue weighted by Crippen LogP contribution is -2.52. The van der Waals surface area contributed by atoms with Crippen molar-refractivity contribution in [1.82, 2.24) is 9.80 Å². The molecule has 0 N–H and O–H groups in total. The van der Waals surface area contributed by atoms with Crippen LogP contribution in [0.5, 0.6) is 5.75 Å². The second-order valence-corrected chi connectivity index (χ2v) is 10.6. The number of hydrogen-bond donors (Lipinski definition) is 0. The Labute approximate surface area is 209 Å². The predicted octanol–water partition coefficient (Wildman–Crippen LogP) is 4.54. The van der Waals surface area contributed by atoms with Gasteiger partial charge in [-0.15, -0.1) is 0 Å². The molecule has 35 heavy (non-hydrogen) atoms. The molecule has 3 heterocycles. The lowest BCUT2D eigenvalue weighted by atomic mass is 9.82. The number of halogens is 1. The van der Waals surface area contributed by atoms with E-state index in [1.165, 1.54) is 11.0 Å². The molecule has 2 aromatic carbocycles. The molecule has 0 unspecified atom stereocenters. The Morgan fingerprint density at radius 3 is 2.40 bits per heavy atom. The third kappa shape index (κ3) is 4.01. The van der Waals surface area contributed by atoms with Crippen molar-refractivity contribution in [3.63, 3.8) is 0 Å². The number of carbonyl (C=O) groups excluding carboxylic acids is 4. The van der Waals surface area contributed by atoms with Gasteiger partial charge in [0.2, 0.25) is 0 Å². The summed E-state index contributed by atoms with van der Waals surface area (Å²) in [6, 6.07) is 8.15. The molecule has 182 valence electrons. The molecule has 0 saturated carbocycles. The number of piperidine rings is 1. The summed E-state index contributed by atoms with van der Waals surface area (Å²) in [5, 5.41) is 0.511. The molecule has 2 aromatic rings. The minimum atomic E-state index is -0.642. The maximum atomic E-state index is 13.3. The summed E-state index contributed by atoms with van der Waals surface area (Å²) in [7, 11) is 0. The number of carbonyl (C=O) groups is 4. The molecule has 1 spiro atoms. The normalized spacial score (nSPS) is 18.7. The van der Waals surface area contributed by atoms with Gasteiger partial charge < -0.3 is 9.64 Å². The van der Waals surface area contributed by atoms with Crippen LogP contribution < -0.4 is 4.74 Å². The number of nitrogens with zero attached hydrogens (tertiary/aromatic N) is 2. The number of hydrogen-bond acceptors (Lipinski definition) is 5. The van der Waals surface area contributed by atoms with Gasteiger partial charge in [0.15, 0.2) is 5.78 Å². The average molecular weight is 495 g/mol. The van der Waals surface area contributed by atoms with Crippen LogP contribution in [0.15, 0.2) is 30.3 Å². The van der Waals surface area contributed by atoms with Crippen LogP contribution in [0.25, 0.3) is 0 Å². The Bertz CT molecular complexity index is 1280. The van der Waals surface area contributed by atoms with E-state index in [-0.39, 0.29) is 41.4 Å². The van der Waals surface area contributed by atoms with Crippen LogP contribution in [0.4, 0.5) is 0 Å². The largest absolute Gasteiger partial charge is 0.486 e. The first-order valence-electron chi connectivity index (χ1n) is 11.9. The molecule has 0 aromatic heterocycles. The number of ether oxygens (including phenoxy) is 1. The minimum absolute atomic E-state index is 0.00406. The number of benzene rings is 2. The number of aryl methyl sites for hydroxylation is 1. The Morgan fingerprint density at radius 1 is 1.03 bits per heavy atom. The van der Waals surface area contributed by atoms with E-state index in [0.717, 1.165) is 5.56 Å². The Kier molecular flexibility index (Phi) is 5.71. The second-order valence-electron chi connectivity index (χ2n) is 10.2. The topological polar surface area (TPSA) is 84.0 Å². The summed E-state index contributed by atoms with van der Waals surface area (Å²) in [4.78, 5) is 54.5. The van der Waals surface area contributed by atoms with Gasteiger partial charge in [0, 0.05) is 43.1 Å². The number of rotatable bonds is 3. The highest BCUT2D eigenvalue weighted by Crippen LogP contribution is 2.42. The summed E-state index contributed by atoms with van der Waals surface area (Å²) in [6.07, 6.45) is 1.30. The molecular weight excluding hydrogens is 468 g/mol. The molecule has 0 radical (unpaired) electrons. The highest BCUT2D eigenvalue weighted by molar-refractivity contribution is 6.31. The molecule has 7 nitrogen and oxygen atoms in total. The lowest BCUT2D eigenvalue weighted by molar-refractivity contribution is -0.00618. The highest BCUT2D eigenvalue weighted by atomic mass is 35.5. The first kappa shape index (κ1) is 23.5. The summed E-state index contributed by atoms with van der Waals surface area (Å²) < 4.78 is 6.38. The SMILES string of the molecule is Cc1cc(Cl)cc2c1OC1(CCN(C(=O)c3ccc4c(c3)C(=O)N(CC(C)C)C4=O)CC1)CC2=O. The molecule has 1 saturated heterocycles. The van der Waals surface area contributed by atoms with Crippen molar-refractivity contribution in [2.75, 3.05) is 19.6 Å². The van der Waals surface area contributed by atoms with Gasteiger partial charge in [-0.1, -0.05) is 25.4 Å². The van der Waals surface area contributed by atoms with Crippen LogP contribution in [0.3, 0.4) is 0 Å². The maximum absolute atomic E-state index is 13.3. The highest BCUT2D eigenvalue weighted by Gasteiger charge is 2.44. The van der Waals surface area contributed by atoms with E-state index in [0.29, 0.717) is 59.9 Å². The molecule has 3 amide bonds. The summed E-state index contributed by atoms with van der Waals surface area (Å²) in [6.45, 7) is 6.96. The van der Waals surface area contributed by atoms with E-state index in [1.807, 2.05) is 20.8 Å². The van der Waals surface area contributed by atoms with Crippen LogP contribution in [0.1, 0.15) is 80.1 Å². The Balaban J connectivity index is 1.31. The Morgan fingerprint density at radius 2 is 1.71 bits per heavy atom. The molecule has 3 aliphatic rings. The van der Waals surface area contributed by atoms with Crippen LogP contribution in [-0.4, -0.2) is 58.5 Å². The number of Topliss-reactive ketones (excluding diaryl/α,β-unsaturated/α-hetero) is 1. The van der Waals surface area contributed by atoms with Gasteiger partial charge in [-0.05, 0) is 48.7 Å². The van der Waals surface area contributed by atoms with E-state index in [1.54, 1.807) is 29.2 Å². The van der Waals surface area contributed by atoms with Crippen molar-refractivity contribution in [3.05, 3.63) is 63.2 Å². The van der Waals surface area contributed by atoms with Crippen molar-refractivity contribution >= 4 is 35.1 Å². The number of fused-ring (bicyclic) bond motifs is 2. The van der Waals surface area contributed by atoms with Crippen molar-refractivity contribution in [2.45, 2.75) is 45.6 Å². The number of ketones is 1. The smallest absolute Gasteiger partial charge is 0.261 e. The summed E-state index contributed by atoms with van der Waals surface area (Å²) in [5.41, 5.74) is 1.70. The minimum Gasteiger partial charge on any atom is -0.486 e. The van der Waals surface area contributed by atoms with E-state index < -0.39 is 5.60 Å². The van der Waals surface area contributed by atoms with Gasteiger partial charge in [0.25, 0.3) is 17.7 Å². The van der Waals surface area contributed by atoms with Gasteiger partial charge in [-0.2, -0.15) is 0 Å². The van der Waals surface area contributed by atoms with E-state index in [9.17, 15) is 19.2 Å². The molecular formula is C27H27ClN2O5. The summed E-state index contributed by atoms with van der Waals surface area (Å²) >= 11 is 6.12. The first-order valence-corrected chi connectivity index (χ1v) is 12.3. The molecule has 5 rings (SSSR count). The van der Waals surface area contributed by atoms with Crippen molar-refractivity contribution < 1.29 is 23.9 Å². The van der Waals surface area contributed by atoms with Gasteiger partial charge in [-0.3, -0.25) is 24.1 Å². The lowest BCUT2D eigenvalue weighted by Gasteiger charge is -2.44. The monoisotopic (exact) mass is 494 g/mol. The van der Waals surface area contributed by atoms with Crippen LogP contribution in [0, 0.1) is 12.8 Å². The van der Waals surface area contributed by atoms with Crippen molar-refractivity contribution in [2.24, 2.45) is 5.92 Å². The third-order valence-corrected chi connectivity index (χ3v) is 7.29. The fourth-order valence-electron chi connectivity index (χ4n) is 5.25. The predicted molar refractivity (Wildman–Crippen MR) is 130 cm³/mol. The number of amides is 3. The number of likely N-dealkylation sites (tertiary alicyclic amines) is 1. The van der Waals surface area contributed by atoms with Crippen LogP contribution in [0.2, 0.25) is 5.02 Å². The molecule has 0 aliphatic carbocycles. The molecule has 1 fully saturated rings. The van der Waals surface area contributed by atoms with E-state index in [4.69, 9.17) is 16.3 Å². The van der Waals surface area contributed by atoms with Crippen molar-refractivity contribution in [3.8, 4) is 5.75 Å². The second kappa shape index (κ2) is 8.48. The van der Waals surface area contributed by atoms with Crippen LogP contribution >= 0.6 is 11.6 Å². The van der Waals surface area contributed by atoms with Gasteiger partial charge in [0.1, 0.15) is 11.4 Å².